The minimum absolute atomic E-state index is 0.0314. The van der Waals surface area contributed by atoms with E-state index in [0.717, 1.165) is 4.88 Å². The van der Waals surface area contributed by atoms with Crippen LogP contribution in [0.25, 0.3) is 0 Å². The third-order valence-corrected chi connectivity index (χ3v) is 3.46. The number of benzene rings is 1. The number of nitrogens with one attached hydrogen (secondary N) is 1. The van der Waals surface area contributed by atoms with Gasteiger partial charge in [0.1, 0.15) is 0 Å². The number of nitrogens with zero attached hydrogens (tertiary/aromatic N) is 1. The maximum Gasteiger partial charge on any atom is 0.271 e. The minimum atomic E-state index is -0.485. The van der Waals surface area contributed by atoms with Crippen LogP contribution in [-0.2, 0) is 11.2 Å². The highest BCUT2D eigenvalue weighted by atomic mass is 32.1. The second-order valence-electron chi connectivity index (χ2n) is 3.93. The fourth-order valence-corrected chi connectivity index (χ4v) is 2.32. The van der Waals surface area contributed by atoms with Crippen molar-refractivity contribution in [2.45, 2.75) is 12.8 Å². The minimum Gasteiger partial charge on any atom is -0.326 e. The number of nitro benzene ring substituents is 1. The van der Waals surface area contributed by atoms with Gasteiger partial charge in [-0.05, 0) is 23.9 Å². The largest absolute Gasteiger partial charge is 0.326 e. The quantitative estimate of drug-likeness (QED) is 0.673. The van der Waals surface area contributed by atoms with E-state index in [-0.39, 0.29) is 11.6 Å². The van der Waals surface area contributed by atoms with Gasteiger partial charge in [0.25, 0.3) is 5.69 Å². The topological polar surface area (TPSA) is 72.2 Å². The Bertz CT molecular complexity index is 581. The van der Waals surface area contributed by atoms with Crippen molar-refractivity contribution in [3.63, 3.8) is 0 Å². The highest BCUT2D eigenvalue weighted by Crippen LogP contribution is 2.17. The molecule has 2 rings (SSSR count). The number of aryl methyl sites for hydroxylation is 1. The molecule has 0 aliphatic rings. The van der Waals surface area contributed by atoms with E-state index in [2.05, 4.69) is 5.32 Å². The number of thiophene rings is 1. The molecule has 0 aliphatic heterocycles. The zero-order valence-electron chi connectivity index (χ0n) is 10.0. The molecule has 0 spiro atoms. The molecule has 0 saturated carbocycles. The molecule has 1 aromatic carbocycles. The van der Waals surface area contributed by atoms with E-state index in [1.165, 1.54) is 12.1 Å². The normalized spacial score (nSPS) is 10.1. The van der Waals surface area contributed by atoms with Gasteiger partial charge in [-0.15, -0.1) is 11.3 Å². The molecule has 0 atom stereocenters. The van der Waals surface area contributed by atoms with Crippen LogP contribution in [0.4, 0.5) is 11.4 Å². The number of nitro groups is 1. The van der Waals surface area contributed by atoms with Gasteiger partial charge >= 0.3 is 0 Å². The van der Waals surface area contributed by atoms with E-state index in [9.17, 15) is 14.9 Å². The number of anilines is 1. The fourth-order valence-electron chi connectivity index (χ4n) is 1.61. The highest BCUT2D eigenvalue weighted by Gasteiger charge is 2.08. The molecular formula is C13H12N2O3S. The van der Waals surface area contributed by atoms with Crippen LogP contribution in [0, 0.1) is 10.1 Å². The Kier molecular flexibility index (Phi) is 4.25. The summed E-state index contributed by atoms with van der Waals surface area (Å²) in [4.78, 5) is 23.0. The molecule has 6 heteroatoms. The molecule has 0 unspecified atom stereocenters. The summed E-state index contributed by atoms with van der Waals surface area (Å²) in [6, 6.07) is 9.84. The van der Waals surface area contributed by atoms with Crippen LogP contribution >= 0.6 is 11.3 Å². The van der Waals surface area contributed by atoms with Crippen molar-refractivity contribution in [1.82, 2.24) is 0 Å². The fraction of sp³-hybridized carbons (Fsp3) is 0.154. The third kappa shape index (κ3) is 3.89. The lowest BCUT2D eigenvalue weighted by Crippen LogP contribution is -2.12. The lowest BCUT2D eigenvalue weighted by molar-refractivity contribution is -0.384. The Morgan fingerprint density at radius 3 is 2.84 bits per heavy atom. The molecule has 1 aromatic heterocycles. The number of rotatable bonds is 5. The van der Waals surface area contributed by atoms with Crippen molar-refractivity contribution in [1.29, 1.82) is 0 Å². The number of non-ortho nitro benzene ring substituents is 1. The van der Waals surface area contributed by atoms with Crippen LogP contribution in [0.2, 0.25) is 0 Å². The number of carbonyl (C=O) groups excluding carboxylic acids is 1. The maximum atomic E-state index is 11.7. The predicted molar refractivity (Wildman–Crippen MR) is 74.4 cm³/mol. The van der Waals surface area contributed by atoms with Crippen molar-refractivity contribution in [3.05, 3.63) is 56.8 Å². The van der Waals surface area contributed by atoms with Crippen LogP contribution in [0.3, 0.4) is 0 Å². The Labute approximate surface area is 114 Å². The second-order valence-corrected chi connectivity index (χ2v) is 4.97. The predicted octanol–water partition coefficient (Wildman–Crippen LogP) is 3.23. The van der Waals surface area contributed by atoms with Gasteiger partial charge in [-0.1, -0.05) is 12.1 Å². The van der Waals surface area contributed by atoms with E-state index < -0.39 is 4.92 Å². The summed E-state index contributed by atoms with van der Waals surface area (Å²) < 4.78 is 0. The summed E-state index contributed by atoms with van der Waals surface area (Å²) in [7, 11) is 0. The second kappa shape index (κ2) is 6.10. The molecular weight excluding hydrogens is 264 g/mol. The molecule has 0 fully saturated rings. The van der Waals surface area contributed by atoms with E-state index in [1.54, 1.807) is 23.5 Å². The van der Waals surface area contributed by atoms with Gasteiger partial charge in [-0.2, -0.15) is 0 Å². The van der Waals surface area contributed by atoms with Crippen molar-refractivity contribution in [3.8, 4) is 0 Å². The first kappa shape index (κ1) is 13.2. The van der Waals surface area contributed by atoms with Crippen LogP contribution in [0.15, 0.2) is 41.8 Å². The smallest absolute Gasteiger partial charge is 0.271 e. The van der Waals surface area contributed by atoms with Crippen molar-refractivity contribution in [2.24, 2.45) is 0 Å². The van der Waals surface area contributed by atoms with Crippen molar-refractivity contribution < 1.29 is 9.72 Å². The molecule has 19 heavy (non-hydrogen) atoms. The standard InChI is InChI=1S/C13H12N2O3S/c16-13(7-6-12-5-2-8-19-12)14-10-3-1-4-11(9-10)15(17)18/h1-5,8-9H,6-7H2,(H,14,16). The molecule has 98 valence electrons. The highest BCUT2D eigenvalue weighted by molar-refractivity contribution is 7.09. The molecule has 2 aromatic rings. The van der Waals surface area contributed by atoms with Crippen molar-refractivity contribution >= 4 is 28.6 Å². The Balaban J connectivity index is 1.91. The zero-order chi connectivity index (χ0) is 13.7. The lowest BCUT2D eigenvalue weighted by atomic mass is 10.2. The summed E-state index contributed by atoms with van der Waals surface area (Å²) in [5, 5.41) is 15.2. The van der Waals surface area contributed by atoms with Gasteiger partial charge in [0, 0.05) is 29.1 Å². The van der Waals surface area contributed by atoms with Gasteiger partial charge in [-0.25, -0.2) is 0 Å². The van der Waals surface area contributed by atoms with Crippen LogP contribution < -0.4 is 5.32 Å². The number of carbonyl (C=O) groups is 1. The summed E-state index contributed by atoms with van der Waals surface area (Å²) in [6.45, 7) is 0. The molecule has 0 bridgehead atoms. The zero-order valence-corrected chi connectivity index (χ0v) is 10.9. The van der Waals surface area contributed by atoms with Crippen LogP contribution in [-0.4, -0.2) is 10.8 Å². The maximum absolute atomic E-state index is 11.7. The molecule has 0 radical (unpaired) electrons. The first-order valence-corrected chi connectivity index (χ1v) is 6.60. The number of amides is 1. The summed E-state index contributed by atoms with van der Waals surface area (Å²) in [6.07, 6.45) is 1.04. The van der Waals surface area contributed by atoms with E-state index in [0.29, 0.717) is 18.5 Å². The Hall–Kier alpha value is -2.21. The Morgan fingerprint density at radius 2 is 2.16 bits per heavy atom. The molecule has 1 amide bonds. The van der Waals surface area contributed by atoms with Crippen molar-refractivity contribution in [2.75, 3.05) is 5.32 Å². The SMILES string of the molecule is O=C(CCc1cccs1)Nc1cccc([N+](=O)[O-])c1. The Morgan fingerprint density at radius 1 is 1.32 bits per heavy atom. The molecule has 1 heterocycles. The third-order valence-electron chi connectivity index (χ3n) is 2.52. The van der Waals surface area contributed by atoms with Gasteiger partial charge in [0.2, 0.25) is 5.91 Å². The van der Waals surface area contributed by atoms with E-state index in [4.69, 9.17) is 0 Å². The van der Waals surface area contributed by atoms with Gasteiger partial charge in [0.15, 0.2) is 0 Å². The van der Waals surface area contributed by atoms with E-state index >= 15 is 0 Å². The van der Waals surface area contributed by atoms with E-state index in [1.807, 2.05) is 17.5 Å². The average Bonchev–Trinajstić information content (AvgIpc) is 2.90. The first-order valence-electron chi connectivity index (χ1n) is 5.72. The van der Waals surface area contributed by atoms with Gasteiger partial charge < -0.3 is 5.32 Å². The molecule has 5 nitrogen and oxygen atoms in total. The molecule has 1 N–H and O–H groups in total. The first-order chi connectivity index (χ1) is 9.15. The lowest BCUT2D eigenvalue weighted by Gasteiger charge is -2.04. The molecule has 0 saturated heterocycles. The summed E-state index contributed by atoms with van der Waals surface area (Å²) >= 11 is 1.61. The average molecular weight is 276 g/mol. The monoisotopic (exact) mass is 276 g/mol. The number of hydrogen-bond acceptors (Lipinski definition) is 4. The summed E-state index contributed by atoms with van der Waals surface area (Å²) in [5.74, 6) is -0.145. The summed E-state index contributed by atoms with van der Waals surface area (Å²) in [5.41, 5.74) is 0.418. The van der Waals surface area contributed by atoms with Gasteiger partial charge in [0.05, 0.1) is 4.92 Å². The van der Waals surface area contributed by atoms with Crippen LogP contribution in [0.5, 0.6) is 0 Å². The van der Waals surface area contributed by atoms with Crippen LogP contribution in [0.1, 0.15) is 11.3 Å². The number of hydrogen-bond donors (Lipinski definition) is 1. The molecule has 0 aliphatic carbocycles. The van der Waals surface area contributed by atoms with Gasteiger partial charge in [-0.3, -0.25) is 14.9 Å².